The van der Waals surface area contributed by atoms with Crippen LogP contribution in [-0.4, -0.2) is 58.5 Å². The van der Waals surface area contributed by atoms with Gasteiger partial charge in [0.05, 0.1) is 6.10 Å². The molecule has 0 aromatic carbocycles. The first-order chi connectivity index (χ1) is 6.97. The summed E-state index contributed by atoms with van der Waals surface area (Å²) in [6, 6.07) is 0.0268. The van der Waals surface area contributed by atoms with Crippen molar-refractivity contribution in [3.05, 3.63) is 0 Å². The quantitative estimate of drug-likeness (QED) is 0.641. The van der Waals surface area contributed by atoms with Gasteiger partial charge in [-0.3, -0.25) is 9.59 Å². The Balaban J connectivity index is 2.73. The Morgan fingerprint density at radius 2 is 2.07 bits per heavy atom. The third-order valence-corrected chi connectivity index (χ3v) is 2.57. The lowest BCUT2D eigenvalue weighted by Crippen LogP contribution is -2.59. The lowest BCUT2D eigenvalue weighted by atomic mass is 10.1. The number of carbonyl (C=O) groups excluding carboxylic acids is 2. The van der Waals surface area contributed by atoms with E-state index in [1.54, 1.807) is 11.8 Å². The van der Waals surface area contributed by atoms with E-state index >= 15 is 0 Å². The van der Waals surface area contributed by atoms with Crippen LogP contribution >= 0.6 is 0 Å². The van der Waals surface area contributed by atoms with Crippen LogP contribution in [0.1, 0.15) is 20.8 Å². The maximum atomic E-state index is 11.6. The predicted octanol–water partition coefficient (Wildman–Crippen LogP) is -0.554. The predicted molar refractivity (Wildman–Crippen MR) is 55.1 cm³/mol. The third-order valence-electron chi connectivity index (χ3n) is 2.57. The standard InChI is InChI=1S/C10H18N2O3/c1-4-12-7(2)5-11(6-8(3)13)9(14)10(12)15/h7-8,13H,4-6H2,1-3H3. The molecule has 2 amide bonds. The first kappa shape index (κ1) is 12.0. The minimum Gasteiger partial charge on any atom is -0.392 e. The highest BCUT2D eigenvalue weighted by molar-refractivity contribution is 6.35. The van der Waals surface area contributed by atoms with Crippen molar-refractivity contribution in [1.82, 2.24) is 9.80 Å². The third kappa shape index (κ3) is 2.47. The van der Waals surface area contributed by atoms with Crippen LogP contribution in [0.4, 0.5) is 0 Å². The normalized spacial score (nSPS) is 24.7. The molecule has 0 bridgehead atoms. The number of aliphatic hydroxyl groups excluding tert-OH is 1. The van der Waals surface area contributed by atoms with E-state index in [4.69, 9.17) is 0 Å². The van der Waals surface area contributed by atoms with Crippen molar-refractivity contribution < 1.29 is 14.7 Å². The molecule has 1 fully saturated rings. The van der Waals surface area contributed by atoms with Crippen molar-refractivity contribution in [1.29, 1.82) is 0 Å². The molecule has 1 N–H and O–H groups in total. The van der Waals surface area contributed by atoms with Gasteiger partial charge in [-0.15, -0.1) is 0 Å². The second-order valence-electron chi connectivity index (χ2n) is 4.00. The van der Waals surface area contributed by atoms with Gasteiger partial charge in [-0.25, -0.2) is 0 Å². The van der Waals surface area contributed by atoms with E-state index in [1.807, 2.05) is 13.8 Å². The SMILES string of the molecule is CCN1C(=O)C(=O)N(CC(C)O)CC1C. The van der Waals surface area contributed by atoms with Crippen LogP contribution in [0.2, 0.25) is 0 Å². The van der Waals surface area contributed by atoms with Crippen molar-refractivity contribution >= 4 is 11.8 Å². The molecule has 5 nitrogen and oxygen atoms in total. The molecule has 1 aliphatic heterocycles. The summed E-state index contributed by atoms with van der Waals surface area (Å²) in [6.07, 6.45) is -0.595. The monoisotopic (exact) mass is 214 g/mol. The van der Waals surface area contributed by atoms with E-state index in [2.05, 4.69) is 0 Å². The summed E-state index contributed by atoms with van der Waals surface area (Å²) >= 11 is 0. The van der Waals surface area contributed by atoms with Crippen molar-refractivity contribution in [2.75, 3.05) is 19.6 Å². The van der Waals surface area contributed by atoms with Gasteiger partial charge in [-0.2, -0.15) is 0 Å². The summed E-state index contributed by atoms with van der Waals surface area (Å²) in [5.74, 6) is -0.965. The average molecular weight is 214 g/mol. The van der Waals surface area contributed by atoms with Crippen molar-refractivity contribution in [2.45, 2.75) is 32.9 Å². The molecule has 1 heterocycles. The first-order valence-electron chi connectivity index (χ1n) is 5.25. The number of rotatable bonds is 3. The number of amides is 2. The maximum Gasteiger partial charge on any atom is 0.312 e. The maximum absolute atomic E-state index is 11.6. The number of hydrogen-bond donors (Lipinski definition) is 1. The van der Waals surface area contributed by atoms with Gasteiger partial charge in [0.2, 0.25) is 0 Å². The summed E-state index contributed by atoms with van der Waals surface area (Å²) in [5.41, 5.74) is 0. The van der Waals surface area contributed by atoms with Crippen LogP contribution in [0.3, 0.4) is 0 Å². The minimum absolute atomic E-state index is 0.0268. The molecule has 2 atom stereocenters. The van der Waals surface area contributed by atoms with E-state index in [9.17, 15) is 14.7 Å². The molecule has 0 aromatic heterocycles. The van der Waals surface area contributed by atoms with Crippen LogP contribution in [0.25, 0.3) is 0 Å². The van der Waals surface area contributed by atoms with E-state index in [-0.39, 0.29) is 12.6 Å². The largest absolute Gasteiger partial charge is 0.392 e. The van der Waals surface area contributed by atoms with Gasteiger partial charge in [0.1, 0.15) is 0 Å². The molecule has 5 heteroatoms. The summed E-state index contributed by atoms with van der Waals surface area (Å²) in [6.45, 7) is 6.65. The van der Waals surface area contributed by atoms with Crippen LogP contribution in [-0.2, 0) is 9.59 Å². The van der Waals surface area contributed by atoms with Gasteiger partial charge < -0.3 is 14.9 Å². The van der Waals surface area contributed by atoms with E-state index in [0.29, 0.717) is 13.1 Å². The minimum atomic E-state index is -0.595. The van der Waals surface area contributed by atoms with Crippen LogP contribution in [0, 0.1) is 0 Å². The molecule has 15 heavy (non-hydrogen) atoms. The second-order valence-corrected chi connectivity index (χ2v) is 4.00. The Bertz CT molecular complexity index is 265. The number of piperazine rings is 1. The molecule has 0 radical (unpaired) electrons. The molecule has 2 unspecified atom stereocenters. The fourth-order valence-electron chi connectivity index (χ4n) is 1.89. The molecule has 0 aliphatic carbocycles. The van der Waals surface area contributed by atoms with E-state index < -0.39 is 17.9 Å². The molecule has 1 rings (SSSR count). The Morgan fingerprint density at radius 1 is 1.47 bits per heavy atom. The summed E-state index contributed by atoms with van der Waals surface area (Å²) in [5, 5.41) is 9.20. The molecular weight excluding hydrogens is 196 g/mol. The van der Waals surface area contributed by atoms with Gasteiger partial charge in [-0.05, 0) is 20.8 Å². The van der Waals surface area contributed by atoms with E-state index in [0.717, 1.165) is 0 Å². The summed E-state index contributed by atoms with van der Waals surface area (Å²) < 4.78 is 0. The van der Waals surface area contributed by atoms with Crippen LogP contribution in [0.5, 0.6) is 0 Å². The highest BCUT2D eigenvalue weighted by Crippen LogP contribution is 2.11. The van der Waals surface area contributed by atoms with Crippen molar-refractivity contribution in [3.8, 4) is 0 Å². The Kier molecular flexibility index (Phi) is 3.68. The van der Waals surface area contributed by atoms with Gasteiger partial charge in [-0.1, -0.05) is 0 Å². The molecular formula is C10H18N2O3. The van der Waals surface area contributed by atoms with Gasteiger partial charge in [0.25, 0.3) is 0 Å². The molecule has 1 aliphatic rings. The lowest BCUT2D eigenvalue weighted by molar-refractivity contribution is -0.159. The number of β-amino-alcohol motifs (C(OH)–C–C–N with tert-alkyl or cyclic N) is 1. The van der Waals surface area contributed by atoms with Gasteiger partial charge in [0.15, 0.2) is 0 Å². The zero-order chi connectivity index (χ0) is 11.6. The zero-order valence-electron chi connectivity index (χ0n) is 9.43. The fourth-order valence-corrected chi connectivity index (χ4v) is 1.89. The van der Waals surface area contributed by atoms with Gasteiger partial charge >= 0.3 is 11.8 Å². The average Bonchev–Trinajstić information content (AvgIpc) is 2.14. The molecule has 0 aromatic rings. The number of hydrogen-bond acceptors (Lipinski definition) is 3. The molecule has 0 spiro atoms. The van der Waals surface area contributed by atoms with Gasteiger partial charge in [0, 0.05) is 25.7 Å². The molecule has 0 saturated carbocycles. The smallest absolute Gasteiger partial charge is 0.312 e. The fraction of sp³-hybridized carbons (Fsp3) is 0.800. The number of aliphatic hydroxyl groups is 1. The Hall–Kier alpha value is -1.10. The summed E-state index contributed by atoms with van der Waals surface area (Å²) in [7, 11) is 0. The van der Waals surface area contributed by atoms with E-state index in [1.165, 1.54) is 4.90 Å². The summed E-state index contributed by atoms with van der Waals surface area (Å²) in [4.78, 5) is 26.2. The number of nitrogens with zero attached hydrogens (tertiary/aromatic N) is 2. The number of likely N-dealkylation sites (N-methyl/N-ethyl adjacent to an activating group) is 1. The first-order valence-corrected chi connectivity index (χ1v) is 5.25. The topological polar surface area (TPSA) is 60.9 Å². The van der Waals surface area contributed by atoms with Crippen molar-refractivity contribution in [2.24, 2.45) is 0 Å². The Morgan fingerprint density at radius 3 is 2.53 bits per heavy atom. The zero-order valence-corrected chi connectivity index (χ0v) is 9.43. The van der Waals surface area contributed by atoms with Crippen LogP contribution < -0.4 is 0 Å². The number of carbonyl (C=O) groups is 2. The lowest BCUT2D eigenvalue weighted by Gasteiger charge is -2.38. The van der Waals surface area contributed by atoms with Crippen molar-refractivity contribution in [3.63, 3.8) is 0 Å². The van der Waals surface area contributed by atoms with Crippen LogP contribution in [0.15, 0.2) is 0 Å². The molecule has 1 saturated heterocycles. The molecule has 86 valence electrons. The highest BCUT2D eigenvalue weighted by atomic mass is 16.3. The Labute approximate surface area is 89.7 Å². The second kappa shape index (κ2) is 4.61. The highest BCUT2D eigenvalue weighted by Gasteiger charge is 2.36.